The maximum Gasteiger partial charge on any atom is 0.338 e. The molecule has 108 valence electrons. The Morgan fingerprint density at radius 3 is 2.43 bits per heavy atom. The Hall–Kier alpha value is -2.14. The zero-order valence-corrected chi connectivity index (χ0v) is 13.0. The zero-order valence-electron chi connectivity index (χ0n) is 11.4. The number of carbonyl (C=O) groups is 2. The topological polar surface area (TPSA) is 55.4 Å². The third-order valence-corrected chi connectivity index (χ3v) is 3.36. The van der Waals surface area contributed by atoms with Gasteiger partial charge in [-0.3, -0.25) is 4.79 Å². The van der Waals surface area contributed by atoms with Crippen molar-refractivity contribution in [1.29, 1.82) is 0 Å². The molecule has 0 saturated carbocycles. The summed E-state index contributed by atoms with van der Waals surface area (Å²) < 4.78 is 5.93. The summed E-state index contributed by atoms with van der Waals surface area (Å²) >= 11 is 3.31. The lowest BCUT2D eigenvalue weighted by Gasteiger charge is -2.08. The highest BCUT2D eigenvalue weighted by Gasteiger charge is 2.12. The number of aryl methyl sites for hydroxylation is 1. The van der Waals surface area contributed by atoms with Gasteiger partial charge in [0.25, 0.3) is 5.91 Å². The SMILES string of the molecule is Cc1ccccc1C(=O)OCC(=O)Nc1ccc(Br)cc1. The first-order valence-electron chi connectivity index (χ1n) is 6.34. The van der Waals surface area contributed by atoms with E-state index in [0.29, 0.717) is 11.3 Å². The van der Waals surface area contributed by atoms with E-state index in [1.54, 1.807) is 24.3 Å². The van der Waals surface area contributed by atoms with Crippen molar-refractivity contribution in [3.63, 3.8) is 0 Å². The van der Waals surface area contributed by atoms with Gasteiger partial charge in [0.2, 0.25) is 0 Å². The molecular formula is C16H14BrNO3. The molecule has 0 bridgehead atoms. The van der Waals surface area contributed by atoms with Crippen LogP contribution in [0.5, 0.6) is 0 Å². The Morgan fingerprint density at radius 1 is 1.10 bits per heavy atom. The van der Waals surface area contributed by atoms with Crippen LogP contribution in [0.1, 0.15) is 15.9 Å². The van der Waals surface area contributed by atoms with E-state index in [0.717, 1.165) is 10.0 Å². The van der Waals surface area contributed by atoms with Crippen LogP contribution in [0.15, 0.2) is 53.0 Å². The molecule has 2 rings (SSSR count). The van der Waals surface area contributed by atoms with E-state index in [2.05, 4.69) is 21.2 Å². The first-order chi connectivity index (χ1) is 10.1. The normalized spacial score (nSPS) is 10.0. The van der Waals surface area contributed by atoms with Crippen LogP contribution >= 0.6 is 15.9 Å². The minimum absolute atomic E-state index is 0.316. The van der Waals surface area contributed by atoms with Gasteiger partial charge < -0.3 is 10.1 Å². The summed E-state index contributed by atoms with van der Waals surface area (Å²) in [6, 6.07) is 14.2. The monoisotopic (exact) mass is 347 g/mol. The Bertz CT molecular complexity index is 653. The van der Waals surface area contributed by atoms with Gasteiger partial charge in [-0.2, -0.15) is 0 Å². The number of nitrogens with one attached hydrogen (secondary N) is 1. The molecule has 0 aliphatic rings. The lowest BCUT2D eigenvalue weighted by atomic mass is 10.1. The molecule has 0 spiro atoms. The van der Waals surface area contributed by atoms with E-state index >= 15 is 0 Å². The molecule has 0 aromatic heterocycles. The molecule has 2 aromatic carbocycles. The van der Waals surface area contributed by atoms with Gasteiger partial charge in [-0.25, -0.2) is 4.79 Å². The van der Waals surface area contributed by atoms with Gasteiger partial charge in [0.05, 0.1) is 5.56 Å². The standard InChI is InChI=1S/C16H14BrNO3/c1-11-4-2-3-5-14(11)16(20)21-10-15(19)18-13-8-6-12(17)7-9-13/h2-9H,10H2,1H3,(H,18,19). The number of carbonyl (C=O) groups excluding carboxylic acids is 2. The van der Waals surface area contributed by atoms with Gasteiger partial charge >= 0.3 is 5.97 Å². The highest BCUT2D eigenvalue weighted by atomic mass is 79.9. The van der Waals surface area contributed by atoms with Crippen molar-refractivity contribution < 1.29 is 14.3 Å². The van der Waals surface area contributed by atoms with E-state index in [4.69, 9.17) is 4.74 Å². The molecule has 2 aromatic rings. The van der Waals surface area contributed by atoms with Crippen LogP contribution in [0, 0.1) is 6.92 Å². The molecule has 0 fully saturated rings. The van der Waals surface area contributed by atoms with Crippen molar-refractivity contribution in [2.24, 2.45) is 0 Å². The Kier molecular flexibility index (Phi) is 5.11. The van der Waals surface area contributed by atoms with E-state index in [-0.39, 0.29) is 12.5 Å². The number of amides is 1. The van der Waals surface area contributed by atoms with Crippen molar-refractivity contribution in [1.82, 2.24) is 0 Å². The van der Waals surface area contributed by atoms with Crippen molar-refractivity contribution in [2.45, 2.75) is 6.92 Å². The van der Waals surface area contributed by atoms with Gasteiger partial charge in [0.1, 0.15) is 0 Å². The molecule has 1 amide bonds. The van der Waals surface area contributed by atoms with Crippen LogP contribution in [0.3, 0.4) is 0 Å². The Balaban J connectivity index is 1.88. The second kappa shape index (κ2) is 7.04. The molecule has 0 radical (unpaired) electrons. The molecular weight excluding hydrogens is 334 g/mol. The third-order valence-electron chi connectivity index (χ3n) is 2.83. The highest BCUT2D eigenvalue weighted by Crippen LogP contribution is 2.14. The number of hydrogen-bond acceptors (Lipinski definition) is 3. The van der Waals surface area contributed by atoms with Crippen LogP contribution in [0.25, 0.3) is 0 Å². The van der Waals surface area contributed by atoms with E-state index in [1.165, 1.54) is 0 Å². The number of hydrogen-bond donors (Lipinski definition) is 1. The number of anilines is 1. The van der Waals surface area contributed by atoms with Crippen LogP contribution in [0.4, 0.5) is 5.69 Å². The molecule has 21 heavy (non-hydrogen) atoms. The van der Waals surface area contributed by atoms with E-state index < -0.39 is 5.97 Å². The first-order valence-corrected chi connectivity index (χ1v) is 7.14. The van der Waals surface area contributed by atoms with E-state index in [1.807, 2.05) is 31.2 Å². The first kappa shape index (κ1) is 15.3. The largest absolute Gasteiger partial charge is 0.452 e. The minimum atomic E-state index is -0.501. The smallest absolute Gasteiger partial charge is 0.338 e. The summed E-state index contributed by atoms with van der Waals surface area (Å²) in [6.07, 6.45) is 0. The fourth-order valence-corrected chi connectivity index (χ4v) is 2.01. The molecule has 0 aliphatic carbocycles. The molecule has 0 unspecified atom stereocenters. The lowest BCUT2D eigenvalue weighted by molar-refractivity contribution is -0.119. The second-order valence-electron chi connectivity index (χ2n) is 4.45. The van der Waals surface area contributed by atoms with Gasteiger partial charge in [-0.15, -0.1) is 0 Å². The quantitative estimate of drug-likeness (QED) is 0.860. The van der Waals surface area contributed by atoms with Crippen molar-refractivity contribution in [3.05, 3.63) is 64.1 Å². The average Bonchev–Trinajstić information content (AvgIpc) is 2.48. The number of benzene rings is 2. The Morgan fingerprint density at radius 2 is 1.76 bits per heavy atom. The maximum atomic E-state index is 11.9. The van der Waals surface area contributed by atoms with Gasteiger partial charge in [0.15, 0.2) is 6.61 Å². The van der Waals surface area contributed by atoms with E-state index in [9.17, 15) is 9.59 Å². The van der Waals surface area contributed by atoms with Crippen molar-refractivity contribution >= 4 is 33.5 Å². The number of ether oxygens (including phenoxy) is 1. The van der Waals surface area contributed by atoms with Gasteiger partial charge in [0, 0.05) is 10.2 Å². The van der Waals surface area contributed by atoms with Crippen LogP contribution < -0.4 is 5.32 Å². The molecule has 0 saturated heterocycles. The summed E-state index contributed by atoms with van der Waals surface area (Å²) in [6.45, 7) is 1.50. The second-order valence-corrected chi connectivity index (χ2v) is 5.36. The van der Waals surface area contributed by atoms with Crippen LogP contribution in [-0.2, 0) is 9.53 Å². The fourth-order valence-electron chi connectivity index (χ4n) is 1.74. The van der Waals surface area contributed by atoms with Crippen LogP contribution in [0.2, 0.25) is 0 Å². The number of rotatable bonds is 4. The number of halogens is 1. The fraction of sp³-hybridized carbons (Fsp3) is 0.125. The molecule has 4 nitrogen and oxygen atoms in total. The van der Waals surface area contributed by atoms with Gasteiger partial charge in [-0.1, -0.05) is 34.1 Å². The summed E-state index contributed by atoms with van der Waals surface area (Å²) in [4.78, 5) is 23.6. The molecule has 1 N–H and O–H groups in total. The third kappa shape index (κ3) is 4.43. The molecule has 5 heteroatoms. The molecule has 0 atom stereocenters. The summed E-state index contributed by atoms with van der Waals surface area (Å²) in [5.41, 5.74) is 1.93. The molecule has 0 heterocycles. The predicted molar refractivity (Wildman–Crippen MR) is 84.2 cm³/mol. The van der Waals surface area contributed by atoms with Crippen molar-refractivity contribution in [3.8, 4) is 0 Å². The van der Waals surface area contributed by atoms with Crippen molar-refractivity contribution in [2.75, 3.05) is 11.9 Å². The number of esters is 1. The maximum absolute atomic E-state index is 11.9. The molecule has 0 aliphatic heterocycles. The Labute approximate surface area is 131 Å². The minimum Gasteiger partial charge on any atom is -0.452 e. The summed E-state index contributed by atoms with van der Waals surface area (Å²) in [5, 5.41) is 2.65. The van der Waals surface area contributed by atoms with Crippen LogP contribution in [-0.4, -0.2) is 18.5 Å². The summed E-state index contributed by atoms with van der Waals surface area (Å²) in [7, 11) is 0. The average molecular weight is 348 g/mol. The zero-order chi connectivity index (χ0) is 15.2. The predicted octanol–water partition coefficient (Wildman–Crippen LogP) is 3.55. The summed E-state index contributed by atoms with van der Waals surface area (Å²) in [5.74, 6) is -0.877. The lowest BCUT2D eigenvalue weighted by Crippen LogP contribution is -2.21. The van der Waals surface area contributed by atoms with Gasteiger partial charge in [-0.05, 0) is 42.8 Å². The highest BCUT2D eigenvalue weighted by molar-refractivity contribution is 9.10.